The number of amides is 1. The molecule has 164 valence electrons. The number of primary amides is 1. The molecule has 12 heteroatoms. The highest BCUT2D eigenvalue weighted by molar-refractivity contribution is 7.69. The summed E-state index contributed by atoms with van der Waals surface area (Å²) in [5, 5.41) is 3.78. The molecular formula is C19H20FN5O4S2. The Morgan fingerprint density at radius 1 is 1.39 bits per heavy atom. The topological polar surface area (TPSA) is 128 Å². The van der Waals surface area contributed by atoms with Crippen molar-refractivity contribution in [2.45, 2.75) is 25.9 Å². The molecule has 1 saturated heterocycles. The summed E-state index contributed by atoms with van der Waals surface area (Å²) in [6.45, 7) is 2.42. The largest absolute Gasteiger partial charge is 0.487 e. The molecule has 1 amide bonds. The van der Waals surface area contributed by atoms with Gasteiger partial charge in [-0.2, -0.15) is 0 Å². The summed E-state index contributed by atoms with van der Waals surface area (Å²) in [5.74, 6) is -0.368. The van der Waals surface area contributed by atoms with E-state index in [2.05, 4.69) is 15.3 Å². The molecule has 3 N–H and O–H groups in total. The predicted molar refractivity (Wildman–Crippen MR) is 116 cm³/mol. The fraction of sp³-hybridized carbons (Fsp3) is 0.316. The number of aryl methyl sites for hydroxylation is 1. The van der Waals surface area contributed by atoms with E-state index in [1.807, 2.05) is 0 Å². The molecule has 3 aromatic rings. The molecule has 4 rings (SSSR count). The van der Waals surface area contributed by atoms with Crippen molar-refractivity contribution in [3.8, 4) is 5.75 Å². The van der Waals surface area contributed by atoms with Gasteiger partial charge in [0.2, 0.25) is 10.9 Å². The Morgan fingerprint density at radius 2 is 2.19 bits per heavy atom. The van der Waals surface area contributed by atoms with Gasteiger partial charge in [0.25, 0.3) is 5.91 Å². The van der Waals surface area contributed by atoms with Crippen LogP contribution in [0, 0.1) is 12.7 Å². The minimum absolute atomic E-state index is 0.206. The Morgan fingerprint density at radius 3 is 2.94 bits per heavy atom. The van der Waals surface area contributed by atoms with Crippen molar-refractivity contribution in [2.75, 3.05) is 18.4 Å². The summed E-state index contributed by atoms with van der Waals surface area (Å²) in [7, 11) is -2.69. The Hall–Kier alpha value is -2.83. The van der Waals surface area contributed by atoms with Gasteiger partial charge in [-0.05, 0) is 37.5 Å². The number of thiol groups is 1. The maximum Gasteiger partial charge on any atom is 0.259 e. The Kier molecular flexibility index (Phi) is 6.03. The van der Waals surface area contributed by atoms with Gasteiger partial charge in [-0.3, -0.25) is 4.79 Å². The third-order valence-electron chi connectivity index (χ3n) is 5.03. The van der Waals surface area contributed by atoms with Crippen LogP contribution in [-0.4, -0.2) is 47.8 Å². The summed E-state index contributed by atoms with van der Waals surface area (Å²) >= 11 is 1.17. The highest BCUT2D eigenvalue weighted by Gasteiger charge is 2.24. The highest BCUT2D eigenvalue weighted by Crippen LogP contribution is 2.36. The van der Waals surface area contributed by atoms with E-state index < -0.39 is 28.7 Å². The van der Waals surface area contributed by atoms with Crippen molar-refractivity contribution >= 4 is 49.9 Å². The zero-order chi connectivity index (χ0) is 22.1. The van der Waals surface area contributed by atoms with Gasteiger partial charge in [0, 0.05) is 12.6 Å². The van der Waals surface area contributed by atoms with E-state index in [0.29, 0.717) is 51.5 Å². The van der Waals surface area contributed by atoms with Crippen molar-refractivity contribution in [2.24, 2.45) is 5.73 Å². The van der Waals surface area contributed by atoms with Crippen molar-refractivity contribution in [3.63, 3.8) is 0 Å². The fourth-order valence-electron chi connectivity index (χ4n) is 3.57. The van der Waals surface area contributed by atoms with Gasteiger partial charge < -0.3 is 15.8 Å². The minimum Gasteiger partial charge on any atom is -0.487 e. The molecule has 0 bridgehead atoms. The number of nitrogens with one attached hydrogen (secondary N) is 1. The molecule has 1 atom stereocenters. The molecule has 1 fully saturated rings. The maximum atomic E-state index is 14.0. The number of fused-ring (bicyclic) bond motifs is 1. The number of carbonyl (C=O) groups excluding carboxylic acids is 1. The van der Waals surface area contributed by atoms with E-state index in [1.54, 1.807) is 6.92 Å². The van der Waals surface area contributed by atoms with E-state index in [1.165, 1.54) is 40.2 Å². The number of halogens is 1. The number of benzene rings is 1. The van der Waals surface area contributed by atoms with Crippen molar-refractivity contribution in [3.05, 3.63) is 40.8 Å². The lowest BCUT2D eigenvalue weighted by atomic mass is 10.1. The lowest BCUT2D eigenvalue weighted by Gasteiger charge is -2.29. The third kappa shape index (κ3) is 4.45. The van der Waals surface area contributed by atoms with Crippen molar-refractivity contribution in [1.29, 1.82) is 0 Å². The summed E-state index contributed by atoms with van der Waals surface area (Å²) < 4.78 is 43.9. The zero-order valence-corrected chi connectivity index (χ0v) is 18.2. The standard InChI is InChI=1S/C19H20FN5O4S2/c1-10-15-18(22-9-23-19(15)30-16(10)17(21)26)24-13-5-4-11(20)7-14(13)29-12-3-2-6-25(8-12)31(27)28/h4-5,7,9,12,31H,2-3,6,8H2,1H3,(H2,21,26)(H,22,23,24)/t12-/m0/s1. The number of hydrogen-bond donors (Lipinski definition) is 3. The maximum absolute atomic E-state index is 14.0. The van der Waals surface area contributed by atoms with Crippen LogP contribution in [0.25, 0.3) is 10.2 Å². The molecule has 1 aliphatic heterocycles. The average molecular weight is 466 g/mol. The minimum atomic E-state index is -2.69. The highest BCUT2D eigenvalue weighted by atomic mass is 32.2. The number of nitrogens with two attached hydrogens (primary N) is 1. The van der Waals surface area contributed by atoms with Crippen LogP contribution in [-0.2, 0) is 10.9 Å². The second kappa shape index (κ2) is 8.73. The summed E-state index contributed by atoms with van der Waals surface area (Å²) in [5.41, 5.74) is 6.56. The number of piperidine rings is 1. The zero-order valence-electron chi connectivity index (χ0n) is 16.5. The van der Waals surface area contributed by atoms with Crippen molar-refractivity contribution in [1.82, 2.24) is 14.3 Å². The van der Waals surface area contributed by atoms with Gasteiger partial charge in [0.15, 0.2) is 0 Å². The predicted octanol–water partition coefficient (Wildman–Crippen LogP) is 2.35. The van der Waals surface area contributed by atoms with Crippen LogP contribution in [0.15, 0.2) is 24.5 Å². The third-order valence-corrected chi connectivity index (χ3v) is 7.07. The van der Waals surface area contributed by atoms with Crippen LogP contribution in [0.4, 0.5) is 15.9 Å². The smallest absolute Gasteiger partial charge is 0.259 e. The molecule has 31 heavy (non-hydrogen) atoms. The van der Waals surface area contributed by atoms with Gasteiger partial charge in [-0.15, -0.1) is 11.3 Å². The number of rotatable bonds is 6. The molecular weight excluding hydrogens is 445 g/mol. The van der Waals surface area contributed by atoms with Gasteiger partial charge in [0.1, 0.15) is 34.6 Å². The molecule has 0 unspecified atom stereocenters. The number of ether oxygens (including phenoxy) is 1. The van der Waals surface area contributed by atoms with Crippen LogP contribution in [0.2, 0.25) is 0 Å². The first kappa shape index (κ1) is 21.4. The van der Waals surface area contributed by atoms with E-state index >= 15 is 0 Å². The Balaban J connectivity index is 1.66. The average Bonchev–Trinajstić information content (AvgIpc) is 3.08. The molecule has 3 heterocycles. The van der Waals surface area contributed by atoms with E-state index in [4.69, 9.17) is 10.5 Å². The molecule has 0 aliphatic carbocycles. The summed E-state index contributed by atoms with van der Waals surface area (Å²) in [6.07, 6.45) is 2.26. The number of thiophene rings is 1. The van der Waals surface area contributed by atoms with Gasteiger partial charge in [0.05, 0.1) is 22.5 Å². The van der Waals surface area contributed by atoms with Crippen LogP contribution in [0.5, 0.6) is 5.75 Å². The van der Waals surface area contributed by atoms with Gasteiger partial charge in [-0.25, -0.2) is 27.1 Å². The van der Waals surface area contributed by atoms with E-state index in [9.17, 15) is 17.6 Å². The molecule has 1 aliphatic rings. The monoisotopic (exact) mass is 465 g/mol. The summed E-state index contributed by atoms with van der Waals surface area (Å²) in [6, 6.07) is 4.04. The molecule has 2 aromatic heterocycles. The Bertz CT molecular complexity index is 1220. The number of hydrogen-bond acceptors (Lipinski definition) is 8. The van der Waals surface area contributed by atoms with Crippen LogP contribution < -0.4 is 15.8 Å². The lowest BCUT2D eigenvalue weighted by Crippen LogP contribution is -2.40. The number of carbonyl (C=O) groups is 1. The van der Waals surface area contributed by atoms with Gasteiger partial charge in [-0.1, -0.05) is 0 Å². The van der Waals surface area contributed by atoms with E-state index in [-0.39, 0.29) is 12.3 Å². The fourth-order valence-corrected chi connectivity index (χ4v) is 5.19. The summed E-state index contributed by atoms with van der Waals surface area (Å²) in [4.78, 5) is 21.2. The van der Waals surface area contributed by atoms with Gasteiger partial charge >= 0.3 is 0 Å². The first-order valence-corrected chi connectivity index (χ1v) is 11.4. The second-order valence-electron chi connectivity index (χ2n) is 7.12. The first-order chi connectivity index (χ1) is 14.8. The molecule has 9 nitrogen and oxygen atoms in total. The van der Waals surface area contributed by atoms with Crippen LogP contribution >= 0.6 is 11.3 Å². The molecule has 0 saturated carbocycles. The lowest BCUT2D eigenvalue weighted by molar-refractivity contribution is 0.100. The quantitative estimate of drug-likeness (QED) is 0.477. The SMILES string of the molecule is Cc1c(C(N)=O)sc2ncnc(Nc3ccc(F)cc3O[C@H]3CCCN([SH](=O)=O)C3)c12. The van der Waals surface area contributed by atoms with Crippen LogP contribution in [0.3, 0.4) is 0 Å². The number of aromatic nitrogens is 2. The van der Waals surface area contributed by atoms with E-state index in [0.717, 1.165) is 0 Å². The van der Waals surface area contributed by atoms with Crippen molar-refractivity contribution < 1.29 is 22.3 Å². The van der Waals surface area contributed by atoms with Crippen LogP contribution in [0.1, 0.15) is 28.1 Å². The number of nitrogens with zero attached hydrogens (tertiary/aromatic N) is 3. The Labute approximate surface area is 183 Å². The molecule has 0 radical (unpaired) electrons. The molecule has 1 aromatic carbocycles. The molecule has 0 spiro atoms. The first-order valence-electron chi connectivity index (χ1n) is 9.50. The normalized spacial score (nSPS) is 17.2. The number of anilines is 2. The second-order valence-corrected chi connectivity index (χ2v) is 9.16.